The third-order valence-corrected chi connectivity index (χ3v) is 7.59. The Morgan fingerprint density at radius 2 is 1.68 bits per heavy atom. The maximum atomic E-state index is 13.5. The zero-order valence-corrected chi connectivity index (χ0v) is 20.9. The number of hydrogen-bond donors (Lipinski definition) is 1. The smallest absolute Gasteiger partial charge is 0.416 e. The second-order valence-corrected chi connectivity index (χ2v) is 10.4. The van der Waals surface area contributed by atoms with Crippen LogP contribution in [0.2, 0.25) is 0 Å². The number of aryl methyl sites for hydroxylation is 1. The fourth-order valence-corrected chi connectivity index (χ4v) is 5.23. The van der Waals surface area contributed by atoms with Gasteiger partial charge in [0.25, 0.3) is 10.0 Å². The van der Waals surface area contributed by atoms with E-state index in [-0.39, 0.29) is 10.6 Å². The number of carbonyl (C=O) groups excluding carboxylic acids is 1. The molecule has 0 unspecified atom stereocenters. The molecule has 0 saturated heterocycles. The van der Waals surface area contributed by atoms with E-state index in [1.165, 1.54) is 18.2 Å². The Morgan fingerprint density at radius 3 is 2.35 bits per heavy atom. The quantitative estimate of drug-likeness (QED) is 0.468. The van der Waals surface area contributed by atoms with Gasteiger partial charge in [0.15, 0.2) is 11.5 Å². The number of amides is 1. The van der Waals surface area contributed by atoms with Crippen molar-refractivity contribution in [2.24, 2.45) is 0 Å². The van der Waals surface area contributed by atoms with Gasteiger partial charge in [-0.3, -0.25) is 9.10 Å². The summed E-state index contributed by atoms with van der Waals surface area (Å²) in [6, 6.07) is 14.3. The van der Waals surface area contributed by atoms with Gasteiger partial charge < -0.3 is 14.8 Å². The summed E-state index contributed by atoms with van der Waals surface area (Å²) in [5.41, 5.74) is 0.178. The van der Waals surface area contributed by atoms with Gasteiger partial charge in [-0.15, -0.1) is 0 Å². The van der Waals surface area contributed by atoms with Gasteiger partial charge in [-0.2, -0.15) is 13.2 Å². The topological polar surface area (TPSA) is 84.9 Å². The molecular weight excluding hydrogens is 509 g/mol. The van der Waals surface area contributed by atoms with Crippen molar-refractivity contribution < 1.29 is 35.9 Å². The molecular formula is C26H25F3N2O5S. The number of sulfonamides is 1. The van der Waals surface area contributed by atoms with Gasteiger partial charge in [-0.25, -0.2) is 8.42 Å². The van der Waals surface area contributed by atoms with Gasteiger partial charge in [0.1, 0.15) is 19.8 Å². The van der Waals surface area contributed by atoms with Crippen LogP contribution in [0.25, 0.3) is 0 Å². The first kappa shape index (κ1) is 26.3. The molecule has 37 heavy (non-hydrogen) atoms. The highest BCUT2D eigenvalue weighted by Gasteiger charge is 2.33. The number of hydrogen-bond acceptors (Lipinski definition) is 5. The van der Waals surface area contributed by atoms with Gasteiger partial charge in [0.05, 0.1) is 22.2 Å². The highest BCUT2D eigenvalue weighted by molar-refractivity contribution is 7.92. The maximum absolute atomic E-state index is 13.5. The number of benzene rings is 3. The fraction of sp³-hybridized carbons (Fsp3) is 0.269. The second kappa shape index (κ2) is 10.3. The van der Waals surface area contributed by atoms with Gasteiger partial charge >= 0.3 is 6.18 Å². The minimum atomic E-state index is -4.69. The summed E-state index contributed by atoms with van der Waals surface area (Å²) in [5.74, 6) is 0.404. The number of halogens is 3. The standard InChI is InChI=1S/C26H25F3N2O5S/c1-17-6-9-22(10-7-17)37(33,34)31(21-5-3-4-20(15-21)26(27,28)29)16-25(32)30-18(2)19-8-11-23-24(14-19)36-13-12-35-23/h3-11,14-15,18H,12-13,16H2,1-2H3,(H,30,32)/t18-/m1/s1. The van der Waals surface area contributed by atoms with Gasteiger partial charge in [-0.05, 0) is 61.9 Å². The average Bonchev–Trinajstić information content (AvgIpc) is 2.86. The molecule has 1 aliphatic rings. The van der Waals surface area contributed by atoms with E-state index in [0.717, 1.165) is 17.7 Å². The molecule has 0 bridgehead atoms. The van der Waals surface area contributed by atoms with Crippen molar-refractivity contribution in [3.8, 4) is 11.5 Å². The van der Waals surface area contributed by atoms with Gasteiger partial charge in [0.2, 0.25) is 5.91 Å². The molecule has 1 atom stereocenters. The minimum Gasteiger partial charge on any atom is -0.486 e. The summed E-state index contributed by atoms with van der Waals surface area (Å²) >= 11 is 0. The molecule has 3 aromatic rings. The summed E-state index contributed by atoms with van der Waals surface area (Å²) in [4.78, 5) is 12.9. The third kappa shape index (κ3) is 5.99. The number of anilines is 1. The van der Waals surface area contributed by atoms with Crippen molar-refractivity contribution in [3.63, 3.8) is 0 Å². The van der Waals surface area contributed by atoms with Crippen LogP contribution in [-0.4, -0.2) is 34.1 Å². The van der Waals surface area contributed by atoms with Crippen LogP contribution >= 0.6 is 0 Å². The van der Waals surface area contributed by atoms with Crippen molar-refractivity contribution in [2.45, 2.75) is 31.0 Å². The van der Waals surface area contributed by atoms with Crippen LogP contribution in [0.5, 0.6) is 11.5 Å². The lowest BCUT2D eigenvalue weighted by Crippen LogP contribution is -2.41. The van der Waals surface area contributed by atoms with E-state index in [1.807, 2.05) is 0 Å². The zero-order valence-electron chi connectivity index (χ0n) is 20.1. The lowest BCUT2D eigenvalue weighted by Gasteiger charge is -2.26. The van der Waals surface area contributed by atoms with Crippen LogP contribution in [0.1, 0.15) is 29.7 Å². The molecule has 0 saturated carbocycles. The number of nitrogens with zero attached hydrogens (tertiary/aromatic N) is 1. The van der Waals surface area contributed by atoms with Crippen LogP contribution in [0.4, 0.5) is 18.9 Å². The normalized spacial score (nSPS) is 14.1. The van der Waals surface area contributed by atoms with E-state index < -0.39 is 40.3 Å². The highest BCUT2D eigenvalue weighted by atomic mass is 32.2. The Kier molecular flexibility index (Phi) is 7.35. The molecule has 7 nitrogen and oxygen atoms in total. The van der Waals surface area contributed by atoms with Crippen molar-refractivity contribution in [2.75, 3.05) is 24.1 Å². The first-order chi connectivity index (χ1) is 17.4. The van der Waals surface area contributed by atoms with Gasteiger partial charge in [-0.1, -0.05) is 29.8 Å². The van der Waals surface area contributed by atoms with Crippen LogP contribution in [-0.2, 0) is 21.0 Å². The zero-order chi connectivity index (χ0) is 26.8. The van der Waals surface area contributed by atoms with E-state index in [2.05, 4.69) is 5.32 Å². The molecule has 0 fully saturated rings. The molecule has 1 heterocycles. The summed E-state index contributed by atoms with van der Waals surface area (Å²) in [5, 5.41) is 2.72. The minimum absolute atomic E-state index is 0.150. The molecule has 0 radical (unpaired) electrons. The van der Waals surface area contributed by atoms with Gasteiger partial charge in [0, 0.05) is 0 Å². The molecule has 1 amide bonds. The Hall–Kier alpha value is -3.73. The SMILES string of the molecule is Cc1ccc(S(=O)(=O)N(CC(=O)N[C@H](C)c2ccc3c(c2)OCCO3)c2cccc(C(F)(F)F)c2)cc1. The Balaban J connectivity index is 1.62. The van der Waals surface area contributed by atoms with Crippen molar-refractivity contribution >= 4 is 21.6 Å². The molecule has 4 rings (SSSR count). The van der Waals surface area contributed by atoms with E-state index in [4.69, 9.17) is 9.47 Å². The van der Waals surface area contributed by atoms with Crippen LogP contribution in [0, 0.1) is 6.92 Å². The number of carbonyl (C=O) groups is 1. The highest BCUT2D eigenvalue weighted by Crippen LogP contribution is 2.34. The van der Waals surface area contributed by atoms with E-state index in [1.54, 1.807) is 44.2 Å². The second-order valence-electron chi connectivity index (χ2n) is 8.57. The van der Waals surface area contributed by atoms with E-state index in [0.29, 0.717) is 40.6 Å². The molecule has 0 aromatic heterocycles. The lowest BCUT2D eigenvalue weighted by atomic mass is 10.1. The molecule has 1 aliphatic heterocycles. The monoisotopic (exact) mass is 534 g/mol. The Bertz CT molecular complexity index is 1390. The van der Waals surface area contributed by atoms with Crippen LogP contribution < -0.4 is 19.1 Å². The number of rotatable bonds is 7. The number of ether oxygens (including phenoxy) is 2. The lowest BCUT2D eigenvalue weighted by molar-refractivity contribution is -0.137. The van der Waals surface area contributed by atoms with E-state index in [9.17, 15) is 26.4 Å². The molecule has 196 valence electrons. The number of nitrogens with one attached hydrogen (secondary N) is 1. The first-order valence-corrected chi connectivity index (χ1v) is 12.8. The molecule has 0 aliphatic carbocycles. The largest absolute Gasteiger partial charge is 0.486 e. The molecule has 0 spiro atoms. The summed E-state index contributed by atoms with van der Waals surface area (Å²) in [6.07, 6.45) is -4.69. The number of alkyl halides is 3. The predicted molar refractivity (Wildman–Crippen MR) is 131 cm³/mol. The Morgan fingerprint density at radius 1 is 1.00 bits per heavy atom. The number of fused-ring (bicyclic) bond motifs is 1. The van der Waals surface area contributed by atoms with Crippen molar-refractivity contribution in [3.05, 3.63) is 83.4 Å². The Labute approximate surface area is 212 Å². The van der Waals surface area contributed by atoms with Crippen LogP contribution in [0.15, 0.2) is 71.6 Å². The average molecular weight is 535 g/mol. The van der Waals surface area contributed by atoms with E-state index >= 15 is 0 Å². The van der Waals surface area contributed by atoms with Crippen LogP contribution in [0.3, 0.4) is 0 Å². The third-order valence-electron chi connectivity index (χ3n) is 5.80. The summed E-state index contributed by atoms with van der Waals surface area (Å²) in [6.45, 7) is 3.56. The summed E-state index contributed by atoms with van der Waals surface area (Å²) in [7, 11) is -4.37. The molecule has 3 aromatic carbocycles. The van der Waals surface area contributed by atoms with Crippen molar-refractivity contribution in [1.29, 1.82) is 0 Å². The van der Waals surface area contributed by atoms with Crippen molar-refractivity contribution in [1.82, 2.24) is 5.32 Å². The predicted octanol–water partition coefficient (Wildman–Crippen LogP) is 4.86. The molecule has 1 N–H and O–H groups in total. The molecule has 11 heteroatoms. The maximum Gasteiger partial charge on any atom is 0.416 e. The first-order valence-electron chi connectivity index (χ1n) is 11.4. The fourth-order valence-electron chi connectivity index (χ4n) is 3.82. The summed E-state index contributed by atoms with van der Waals surface area (Å²) < 4.78 is 78.8.